The SMILES string of the molecule is CN(C(=O)CC1CC2C=CC1C2)C(C(=O)O)c1ccccc1OC(F)F. The van der Waals surface area contributed by atoms with Crippen LogP contribution in [-0.4, -0.2) is 35.5 Å². The van der Waals surface area contributed by atoms with E-state index in [1.54, 1.807) is 0 Å². The van der Waals surface area contributed by atoms with Crippen molar-refractivity contribution in [3.63, 3.8) is 0 Å². The van der Waals surface area contributed by atoms with Crippen LogP contribution in [-0.2, 0) is 9.59 Å². The van der Waals surface area contributed by atoms with Crippen LogP contribution in [0.15, 0.2) is 36.4 Å². The topological polar surface area (TPSA) is 66.8 Å². The van der Waals surface area contributed by atoms with Gasteiger partial charge in [0.2, 0.25) is 5.91 Å². The lowest BCUT2D eigenvalue weighted by molar-refractivity contribution is -0.150. The number of aliphatic carboxylic acids is 1. The fourth-order valence-corrected chi connectivity index (χ4v) is 4.06. The summed E-state index contributed by atoms with van der Waals surface area (Å²) >= 11 is 0. The number of rotatable bonds is 7. The molecule has 2 bridgehead atoms. The molecule has 0 aliphatic heterocycles. The quantitative estimate of drug-likeness (QED) is 0.752. The summed E-state index contributed by atoms with van der Waals surface area (Å²) in [6.45, 7) is -3.08. The Kier molecular flexibility index (Phi) is 5.25. The van der Waals surface area contributed by atoms with Gasteiger partial charge in [0.1, 0.15) is 5.75 Å². The first-order valence-electron chi connectivity index (χ1n) is 8.57. The number of hydrogen-bond donors (Lipinski definition) is 1. The number of benzene rings is 1. The van der Waals surface area contributed by atoms with Crippen LogP contribution in [0.4, 0.5) is 8.78 Å². The predicted octanol–water partition coefficient (Wildman–Crippen LogP) is 3.47. The van der Waals surface area contributed by atoms with Gasteiger partial charge in [0.15, 0.2) is 6.04 Å². The van der Waals surface area contributed by atoms with E-state index in [1.165, 1.54) is 31.3 Å². The average Bonchev–Trinajstić information content (AvgIpc) is 3.18. The average molecular weight is 365 g/mol. The fraction of sp³-hybridized carbons (Fsp3) is 0.474. The van der Waals surface area contributed by atoms with Crippen molar-refractivity contribution >= 4 is 11.9 Å². The molecule has 1 aromatic rings. The molecule has 0 radical (unpaired) electrons. The lowest BCUT2D eigenvalue weighted by atomic mass is 9.90. The maximum atomic E-state index is 12.7. The number of hydrogen-bond acceptors (Lipinski definition) is 3. The number of amides is 1. The molecule has 1 amide bonds. The van der Waals surface area contributed by atoms with Crippen LogP contribution in [0, 0.1) is 17.8 Å². The number of nitrogens with zero attached hydrogens (tertiary/aromatic N) is 1. The first-order valence-corrected chi connectivity index (χ1v) is 8.57. The van der Waals surface area contributed by atoms with Gasteiger partial charge in [0.25, 0.3) is 0 Å². The second-order valence-electron chi connectivity index (χ2n) is 6.91. The lowest BCUT2D eigenvalue weighted by Gasteiger charge is -2.28. The summed E-state index contributed by atoms with van der Waals surface area (Å²) in [5.41, 5.74) is 0.0315. The molecule has 7 heteroatoms. The summed E-state index contributed by atoms with van der Waals surface area (Å²) in [5, 5.41) is 9.62. The molecule has 0 saturated heterocycles. The predicted molar refractivity (Wildman–Crippen MR) is 89.7 cm³/mol. The maximum absolute atomic E-state index is 12.7. The van der Waals surface area contributed by atoms with Gasteiger partial charge in [-0.05, 0) is 36.7 Å². The highest BCUT2D eigenvalue weighted by atomic mass is 19.3. The molecule has 1 aromatic carbocycles. The van der Waals surface area contributed by atoms with Crippen LogP contribution in [0.3, 0.4) is 0 Å². The monoisotopic (exact) mass is 365 g/mol. The Morgan fingerprint density at radius 3 is 2.58 bits per heavy atom. The molecule has 4 unspecified atom stereocenters. The summed E-state index contributed by atoms with van der Waals surface area (Å²) in [5.74, 6) is -0.748. The van der Waals surface area contributed by atoms with E-state index in [2.05, 4.69) is 16.9 Å². The molecule has 0 spiro atoms. The molecule has 4 atom stereocenters. The van der Waals surface area contributed by atoms with Gasteiger partial charge in [0, 0.05) is 19.0 Å². The number of carbonyl (C=O) groups excluding carboxylic acids is 1. The number of carboxylic acid groups (broad SMARTS) is 1. The van der Waals surface area contributed by atoms with Gasteiger partial charge < -0.3 is 14.7 Å². The Morgan fingerprint density at radius 1 is 1.27 bits per heavy atom. The Morgan fingerprint density at radius 2 is 2.00 bits per heavy atom. The van der Waals surface area contributed by atoms with Crippen molar-refractivity contribution in [3.05, 3.63) is 42.0 Å². The highest BCUT2D eigenvalue weighted by molar-refractivity contribution is 5.85. The zero-order valence-corrected chi connectivity index (χ0v) is 14.3. The van der Waals surface area contributed by atoms with Crippen LogP contribution < -0.4 is 4.74 Å². The molecule has 1 saturated carbocycles. The molecule has 1 N–H and O–H groups in total. The second-order valence-corrected chi connectivity index (χ2v) is 6.91. The van der Waals surface area contributed by atoms with Crippen LogP contribution in [0.5, 0.6) is 5.75 Å². The van der Waals surface area contributed by atoms with Crippen LogP contribution in [0.2, 0.25) is 0 Å². The smallest absolute Gasteiger partial charge is 0.387 e. The number of allylic oxidation sites excluding steroid dienone is 2. The normalized spacial score (nSPS) is 24.7. The number of ether oxygens (including phenoxy) is 1. The number of fused-ring (bicyclic) bond motifs is 2. The van der Waals surface area contributed by atoms with Crippen LogP contribution >= 0.6 is 0 Å². The third kappa shape index (κ3) is 3.71. The summed E-state index contributed by atoms with van der Waals surface area (Å²) in [4.78, 5) is 25.6. The van der Waals surface area contributed by atoms with Gasteiger partial charge in [-0.15, -0.1) is 0 Å². The van der Waals surface area contributed by atoms with Crippen LogP contribution in [0.1, 0.15) is 30.9 Å². The minimum Gasteiger partial charge on any atom is -0.479 e. The second kappa shape index (κ2) is 7.43. The highest BCUT2D eigenvalue weighted by Crippen LogP contribution is 2.45. The molecule has 2 aliphatic carbocycles. The molecule has 2 aliphatic rings. The first kappa shape index (κ1) is 18.4. The Bertz CT molecular complexity index is 721. The van der Waals surface area contributed by atoms with Crippen molar-refractivity contribution in [1.29, 1.82) is 0 Å². The zero-order chi connectivity index (χ0) is 18.8. The third-order valence-electron chi connectivity index (χ3n) is 5.30. The van der Waals surface area contributed by atoms with E-state index >= 15 is 0 Å². The van der Waals surface area contributed by atoms with E-state index in [1.807, 2.05) is 0 Å². The number of likely N-dealkylation sites (N-methyl/N-ethyl adjacent to an activating group) is 1. The molecule has 140 valence electrons. The minimum atomic E-state index is -3.08. The first-order chi connectivity index (χ1) is 12.4. The fourth-order valence-electron chi connectivity index (χ4n) is 4.06. The van der Waals surface area contributed by atoms with Gasteiger partial charge >= 0.3 is 12.6 Å². The van der Waals surface area contributed by atoms with Gasteiger partial charge in [-0.25, -0.2) is 4.79 Å². The summed E-state index contributed by atoms with van der Waals surface area (Å²) < 4.78 is 29.7. The van der Waals surface area contributed by atoms with Gasteiger partial charge in [-0.1, -0.05) is 30.4 Å². The number of alkyl halides is 2. The summed E-state index contributed by atoms with van der Waals surface area (Å²) in [6.07, 6.45) is 6.54. The lowest BCUT2D eigenvalue weighted by Crippen LogP contribution is -2.37. The van der Waals surface area contributed by atoms with Gasteiger partial charge in [-0.2, -0.15) is 8.78 Å². The standard InChI is InChI=1S/C19H21F2NO4/c1-22(16(23)10-13-9-11-6-7-12(13)8-11)17(18(24)25)14-4-2-3-5-15(14)26-19(20)21/h2-7,11-13,17,19H,8-10H2,1H3,(H,24,25). The summed E-state index contributed by atoms with van der Waals surface area (Å²) in [6, 6.07) is 4.29. The van der Waals surface area contributed by atoms with Crippen molar-refractivity contribution in [2.24, 2.45) is 17.8 Å². The van der Waals surface area contributed by atoms with E-state index < -0.39 is 18.6 Å². The molecule has 1 fully saturated rings. The van der Waals surface area contributed by atoms with Crippen molar-refractivity contribution < 1.29 is 28.2 Å². The molecule has 0 heterocycles. The largest absolute Gasteiger partial charge is 0.479 e. The number of halogens is 2. The zero-order valence-electron chi connectivity index (χ0n) is 14.3. The molecule has 26 heavy (non-hydrogen) atoms. The number of para-hydroxylation sites is 1. The van der Waals surface area contributed by atoms with E-state index in [9.17, 15) is 23.5 Å². The number of carbonyl (C=O) groups is 2. The van der Waals surface area contributed by atoms with E-state index in [0.717, 1.165) is 17.7 Å². The Labute approximate surface area is 150 Å². The van der Waals surface area contributed by atoms with Gasteiger partial charge in [-0.3, -0.25) is 4.79 Å². The molecular weight excluding hydrogens is 344 g/mol. The van der Waals surface area contributed by atoms with Crippen molar-refractivity contribution in [2.45, 2.75) is 31.9 Å². The number of carboxylic acids is 1. The highest BCUT2D eigenvalue weighted by Gasteiger charge is 2.39. The van der Waals surface area contributed by atoms with E-state index in [-0.39, 0.29) is 29.6 Å². The van der Waals surface area contributed by atoms with Crippen LogP contribution in [0.25, 0.3) is 0 Å². The van der Waals surface area contributed by atoms with E-state index in [4.69, 9.17) is 0 Å². The Balaban J connectivity index is 1.78. The molecular formula is C19H21F2NO4. The summed E-state index contributed by atoms with van der Waals surface area (Å²) in [7, 11) is 1.39. The Hall–Kier alpha value is -2.44. The molecule has 3 rings (SSSR count). The van der Waals surface area contributed by atoms with E-state index in [0.29, 0.717) is 11.8 Å². The maximum Gasteiger partial charge on any atom is 0.387 e. The molecule has 0 aromatic heterocycles. The third-order valence-corrected chi connectivity index (χ3v) is 5.30. The van der Waals surface area contributed by atoms with Crippen molar-refractivity contribution in [1.82, 2.24) is 4.90 Å². The minimum absolute atomic E-state index is 0.0315. The molecule has 5 nitrogen and oxygen atoms in total. The van der Waals surface area contributed by atoms with Crippen molar-refractivity contribution in [2.75, 3.05) is 7.05 Å². The van der Waals surface area contributed by atoms with Crippen molar-refractivity contribution in [3.8, 4) is 5.75 Å². The van der Waals surface area contributed by atoms with Gasteiger partial charge in [0.05, 0.1) is 0 Å².